The van der Waals surface area contributed by atoms with E-state index in [0.29, 0.717) is 18.3 Å². The van der Waals surface area contributed by atoms with Gasteiger partial charge >= 0.3 is 0 Å². The van der Waals surface area contributed by atoms with Gasteiger partial charge in [0.15, 0.2) is 0 Å². The van der Waals surface area contributed by atoms with Crippen molar-refractivity contribution in [3.63, 3.8) is 0 Å². The molecule has 0 N–H and O–H groups in total. The van der Waals surface area contributed by atoms with Gasteiger partial charge in [0.1, 0.15) is 5.78 Å². The molecule has 1 aromatic carbocycles. The van der Waals surface area contributed by atoms with E-state index in [1.54, 1.807) is 6.92 Å². The number of aryl methyl sites for hydroxylation is 1. The Morgan fingerprint density at radius 3 is 2.42 bits per heavy atom. The number of hydrogen-bond acceptors (Lipinski definition) is 1. The first-order valence-electron chi connectivity index (χ1n) is 7.55. The molecular weight excluding hydrogens is 232 g/mol. The fourth-order valence-corrected chi connectivity index (χ4v) is 2.48. The summed E-state index contributed by atoms with van der Waals surface area (Å²) in [6.45, 7) is 10.7. The van der Waals surface area contributed by atoms with Gasteiger partial charge in [0.25, 0.3) is 0 Å². The molecule has 1 nitrogen and oxygen atoms in total. The highest BCUT2D eigenvalue weighted by atomic mass is 16.1. The summed E-state index contributed by atoms with van der Waals surface area (Å²) in [5.41, 5.74) is 4.33. The maximum absolute atomic E-state index is 11.2. The zero-order valence-corrected chi connectivity index (χ0v) is 13.1. The van der Waals surface area contributed by atoms with Gasteiger partial charge in [0, 0.05) is 6.42 Å². The maximum Gasteiger partial charge on any atom is 0.130 e. The molecule has 0 saturated carbocycles. The largest absolute Gasteiger partial charge is 0.300 e. The van der Waals surface area contributed by atoms with E-state index >= 15 is 0 Å². The van der Waals surface area contributed by atoms with E-state index < -0.39 is 0 Å². The van der Waals surface area contributed by atoms with Crippen molar-refractivity contribution >= 4 is 5.78 Å². The molecule has 0 bridgehead atoms. The van der Waals surface area contributed by atoms with E-state index in [2.05, 4.69) is 45.9 Å². The van der Waals surface area contributed by atoms with Crippen LogP contribution in [0.15, 0.2) is 18.2 Å². The first kappa shape index (κ1) is 15.9. The molecule has 0 spiro atoms. The van der Waals surface area contributed by atoms with Crippen LogP contribution in [0.3, 0.4) is 0 Å². The molecule has 0 aliphatic rings. The van der Waals surface area contributed by atoms with Crippen LogP contribution in [0.5, 0.6) is 0 Å². The molecule has 0 saturated heterocycles. The topological polar surface area (TPSA) is 17.1 Å². The van der Waals surface area contributed by atoms with Gasteiger partial charge in [-0.3, -0.25) is 0 Å². The third-order valence-corrected chi connectivity index (χ3v) is 3.93. The second-order valence-corrected chi connectivity index (χ2v) is 6.06. The molecule has 1 heteroatoms. The van der Waals surface area contributed by atoms with Gasteiger partial charge in [0.2, 0.25) is 0 Å². The quantitative estimate of drug-likeness (QED) is 0.680. The molecule has 1 aromatic rings. The third-order valence-electron chi connectivity index (χ3n) is 3.93. The molecule has 1 rings (SSSR count). The molecule has 0 radical (unpaired) electrons. The predicted octanol–water partition coefficient (Wildman–Crippen LogP) is 4.92. The van der Waals surface area contributed by atoms with E-state index in [-0.39, 0.29) is 5.78 Å². The van der Waals surface area contributed by atoms with Crippen molar-refractivity contribution < 1.29 is 4.79 Å². The average molecular weight is 260 g/mol. The van der Waals surface area contributed by atoms with E-state index in [1.165, 1.54) is 23.1 Å². The minimum Gasteiger partial charge on any atom is -0.300 e. The monoisotopic (exact) mass is 260 g/mol. The molecule has 0 amide bonds. The van der Waals surface area contributed by atoms with Crippen LogP contribution in [0.4, 0.5) is 0 Å². The normalized spacial score (nSPS) is 12.7. The van der Waals surface area contributed by atoms with Crippen molar-refractivity contribution in [3.05, 3.63) is 34.9 Å². The average Bonchev–Trinajstić information content (AvgIpc) is 2.36. The molecule has 0 heterocycles. The van der Waals surface area contributed by atoms with Crippen LogP contribution in [-0.2, 0) is 17.6 Å². The Kier molecular flexibility index (Phi) is 6.27. The van der Waals surface area contributed by atoms with Crippen LogP contribution in [0.25, 0.3) is 0 Å². The van der Waals surface area contributed by atoms with Gasteiger partial charge in [-0.2, -0.15) is 0 Å². The molecule has 0 unspecified atom stereocenters. The molecule has 19 heavy (non-hydrogen) atoms. The Hall–Kier alpha value is -1.11. The van der Waals surface area contributed by atoms with Crippen molar-refractivity contribution in [1.29, 1.82) is 0 Å². The van der Waals surface area contributed by atoms with Crippen molar-refractivity contribution in [2.24, 2.45) is 5.92 Å². The number of carbonyl (C=O) groups excluding carboxylic acids is 1. The zero-order valence-electron chi connectivity index (χ0n) is 13.1. The Labute approximate surface area is 118 Å². The maximum atomic E-state index is 11.2. The first-order valence-corrected chi connectivity index (χ1v) is 7.55. The van der Waals surface area contributed by atoms with Gasteiger partial charge < -0.3 is 4.79 Å². The fraction of sp³-hybridized carbons (Fsp3) is 0.611. The Morgan fingerprint density at radius 2 is 1.89 bits per heavy atom. The SMILES string of the molecule is CC[C@H](C)Cc1c(CCC(C)=O)cccc1C(C)C. The molecule has 0 aromatic heterocycles. The summed E-state index contributed by atoms with van der Waals surface area (Å²) < 4.78 is 0. The van der Waals surface area contributed by atoms with E-state index in [1.807, 2.05) is 0 Å². The highest BCUT2D eigenvalue weighted by Crippen LogP contribution is 2.27. The molecule has 106 valence electrons. The summed E-state index contributed by atoms with van der Waals surface area (Å²) in [5.74, 6) is 1.54. The summed E-state index contributed by atoms with van der Waals surface area (Å²) >= 11 is 0. The van der Waals surface area contributed by atoms with Crippen LogP contribution in [0.2, 0.25) is 0 Å². The van der Waals surface area contributed by atoms with Crippen molar-refractivity contribution in [3.8, 4) is 0 Å². The van der Waals surface area contributed by atoms with Gasteiger partial charge in [0.05, 0.1) is 0 Å². The number of benzene rings is 1. The lowest BCUT2D eigenvalue weighted by Gasteiger charge is -2.20. The third kappa shape index (κ3) is 4.81. The summed E-state index contributed by atoms with van der Waals surface area (Å²) in [6.07, 6.45) is 3.90. The summed E-state index contributed by atoms with van der Waals surface area (Å²) in [7, 11) is 0. The molecule has 0 aliphatic carbocycles. The van der Waals surface area contributed by atoms with Crippen LogP contribution in [0.1, 0.15) is 70.1 Å². The van der Waals surface area contributed by atoms with E-state index in [9.17, 15) is 4.79 Å². The highest BCUT2D eigenvalue weighted by Gasteiger charge is 2.13. The smallest absolute Gasteiger partial charge is 0.130 e. The van der Waals surface area contributed by atoms with Gasteiger partial charge in [-0.05, 0) is 48.3 Å². The second kappa shape index (κ2) is 7.47. The standard InChI is InChI=1S/C18H28O/c1-6-14(4)12-18-16(11-10-15(5)19)8-7-9-17(18)13(2)3/h7-9,13-14H,6,10-12H2,1-5H3/t14-/m0/s1. The Bertz CT molecular complexity index is 418. The van der Waals surface area contributed by atoms with Crippen molar-refractivity contribution in [2.75, 3.05) is 0 Å². The van der Waals surface area contributed by atoms with Gasteiger partial charge in [-0.15, -0.1) is 0 Å². The van der Waals surface area contributed by atoms with Gasteiger partial charge in [-0.25, -0.2) is 0 Å². The minimum absolute atomic E-state index is 0.282. The predicted molar refractivity (Wildman–Crippen MR) is 82.7 cm³/mol. The molecular formula is C18H28O. The van der Waals surface area contributed by atoms with Crippen molar-refractivity contribution in [1.82, 2.24) is 0 Å². The summed E-state index contributed by atoms with van der Waals surface area (Å²) in [4.78, 5) is 11.2. The number of Topliss-reactive ketones (excluding diaryl/α,β-unsaturated/α-hetero) is 1. The van der Waals surface area contributed by atoms with Crippen LogP contribution in [0, 0.1) is 5.92 Å². The Balaban J connectivity index is 3.06. The van der Waals surface area contributed by atoms with Crippen LogP contribution >= 0.6 is 0 Å². The number of rotatable bonds is 7. The lowest BCUT2D eigenvalue weighted by Crippen LogP contribution is -2.08. The lowest BCUT2D eigenvalue weighted by atomic mass is 9.85. The number of carbonyl (C=O) groups is 1. The summed E-state index contributed by atoms with van der Waals surface area (Å²) in [5, 5.41) is 0. The molecule has 1 atom stereocenters. The lowest BCUT2D eigenvalue weighted by molar-refractivity contribution is -0.116. The Morgan fingerprint density at radius 1 is 1.21 bits per heavy atom. The number of hydrogen-bond donors (Lipinski definition) is 0. The first-order chi connectivity index (χ1) is 8.95. The minimum atomic E-state index is 0.282. The van der Waals surface area contributed by atoms with E-state index in [4.69, 9.17) is 0 Å². The fourth-order valence-electron chi connectivity index (χ4n) is 2.48. The van der Waals surface area contributed by atoms with Crippen LogP contribution in [-0.4, -0.2) is 5.78 Å². The zero-order chi connectivity index (χ0) is 14.4. The highest BCUT2D eigenvalue weighted by molar-refractivity contribution is 5.75. The van der Waals surface area contributed by atoms with Gasteiger partial charge in [-0.1, -0.05) is 52.3 Å². The molecule has 0 fully saturated rings. The van der Waals surface area contributed by atoms with Crippen molar-refractivity contribution in [2.45, 2.75) is 66.2 Å². The second-order valence-electron chi connectivity index (χ2n) is 6.06. The van der Waals surface area contributed by atoms with E-state index in [0.717, 1.165) is 12.8 Å². The molecule has 0 aliphatic heterocycles. The van der Waals surface area contributed by atoms with Crippen LogP contribution < -0.4 is 0 Å². The number of ketones is 1. The summed E-state index contributed by atoms with van der Waals surface area (Å²) in [6, 6.07) is 6.59.